The molecule has 1 N–H and O–H groups in total. The minimum atomic E-state index is 0.350. The van der Waals surface area contributed by atoms with Gasteiger partial charge in [0, 0.05) is 37.3 Å². The summed E-state index contributed by atoms with van der Waals surface area (Å²) < 4.78 is 5.93. The van der Waals surface area contributed by atoms with Crippen LogP contribution in [0.25, 0.3) is 0 Å². The van der Waals surface area contributed by atoms with Gasteiger partial charge < -0.3 is 10.1 Å². The van der Waals surface area contributed by atoms with Crippen LogP contribution in [0, 0.1) is 11.8 Å². The molecule has 1 saturated heterocycles. The Kier molecular flexibility index (Phi) is 2.29. The number of hydrogen-bond acceptors (Lipinski definition) is 4. The first-order chi connectivity index (χ1) is 7.43. The first-order valence-electron chi connectivity index (χ1n) is 5.57. The second-order valence-electron chi connectivity index (χ2n) is 4.38. The molecule has 80 valence electrons. The molecule has 0 amide bonds. The Morgan fingerprint density at radius 1 is 1.20 bits per heavy atom. The van der Waals surface area contributed by atoms with Crippen LogP contribution < -0.4 is 10.1 Å². The summed E-state index contributed by atoms with van der Waals surface area (Å²) in [6.07, 6.45) is 7.96. The van der Waals surface area contributed by atoms with Gasteiger partial charge in [0.25, 0.3) is 0 Å². The summed E-state index contributed by atoms with van der Waals surface area (Å²) in [6.45, 7) is 2.17. The maximum absolute atomic E-state index is 5.93. The fourth-order valence-corrected chi connectivity index (χ4v) is 2.71. The summed E-state index contributed by atoms with van der Waals surface area (Å²) in [7, 11) is 0. The third kappa shape index (κ3) is 1.69. The summed E-state index contributed by atoms with van der Waals surface area (Å²) in [5.74, 6) is 1.98. The Hall–Kier alpha value is -1.16. The predicted molar refractivity (Wildman–Crippen MR) is 55.5 cm³/mol. The molecule has 0 radical (unpaired) electrons. The highest BCUT2D eigenvalue weighted by Gasteiger charge is 2.40. The molecule has 3 atom stereocenters. The Bertz CT molecular complexity index is 314. The first kappa shape index (κ1) is 9.09. The molecule has 4 nitrogen and oxygen atoms in total. The number of hydrogen-bond donors (Lipinski definition) is 1. The lowest BCUT2D eigenvalue weighted by atomic mass is 9.97. The van der Waals surface area contributed by atoms with Gasteiger partial charge in [0.1, 0.15) is 6.10 Å². The van der Waals surface area contributed by atoms with Crippen LogP contribution in [0.5, 0.6) is 5.88 Å². The number of fused-ring (bicyclic) bond motifs is 2. The second kappa shape index (κ2) is 3.77. The van der Waals surface area contributed by atoms with Crippen molar-refractivity contribution in [3.05, 3.63) is 18.6 Å². The molecule has 15 heavy (non-hydrogen) atoms. The average Bonchev–Trinajstić information content (AvgIpc) is 2.53. The van der Waals surface area contributed by atoms with Crippen molar-refractivity contribution in [1.29, 1.82) is 0 Å². The van der Waals surface area contributed by atoms with Gasteiger partial charge in [-0.25, -0.2) is 4.98 Å². The lowest BCUT2D eigenvalue weighted by molar-refractivity contribution is 0.0881. The zero-order chi connectivity index (χ0) is 10.1. The van der Waals surface area contributed by atoms with E-state index in [1.165, 1.54) is 12.8 Å². The van der Waals surface area contributed by atoms with Crippen LogP contribution in [-0.4, -0.2) is 29.2 Å². The van der Waals surface area contributed by atoms with E-state index < -0.39 is 0 Å². The normalized spacial score (nSPS) is 34.0. The molecule has 4 heteroatoms. The molecule has 2 fully saturated rings. The second-order valence-corrected chi connectivity index (χ2v) is 4.38. The summed E-state index contributed by atoms with van der Waals surface area (Å²) in [6, 6.07) is 0. The predicted octanol–water partition coefficient (Wildman–Crippen LogP) is 0.853. The van der Waals surface area contributed by atoms with Crippen molar-refractivity contribution in [2.24, 2.45) is 11.8 Å². The van der Waals surface area contributed by atoms with E-state index in [1.54, 1.807) is 18.6 Å². The Morgan fingerprint density at radius 3 is 2.67 bits per heavy atom. The van der Waals surface area contributed by atoms with Gasteiger partial charge in [-0.1, -0.05) is 0 Å². The van der Waals surface area contributed by atoms with E-state index in [9.17, 15) is 0 Å². The van der Waals surface area contributed by atoms with Crippen LogP contribution >= 0.6 is 0 Å². The van der Waals surface area contributed by atoms with Crippen LogP contribution in [0.4, 0.5) is 0 Å². The lowest BCUT2D eigenvalue weighted by Crippen LogP contribution is -2.44. The minimum Gasteiger partial charge on any atom is -0.473 e. The van der Waals surface area contributed by atoms with Crippen LogP contribution in [0.3, 0.4) is 0 Å². The maximum Gasteiger partial charge on any atom is 0.232 e. The highest BCUT2D eigenvalue weighted by Crippen LogP contribution is 2.35. The molecule has 1 aliphatic carbocycles. The number of rotatable bonds is 2. The van der Waals surface area contributed by atoms with E-state index in [-0.39, 0.29) is 0 Å². The Morgan fingerprint density at radius 2 is 2.00 bits per heavy atom. The van der Waals surface area contributed by atoms with Crippen LogP contribution in [0.2, 0.25) is 0 Å². The van der Waals surface area contributed by atoms with Gasteiger partial charge in [-0.15, -0.1) is 0 Å². The quantitative estimate of drug-likeness (QED) is 0.777. The maximum atomic E-state index is 5.93. The van der Waals surface area contributed by atoms with Crippen molar-refractivity contribution in [2.45, 2.75) is 18.9 Å². The number of piperidine rings is 1. The van der Waals surface area contributed by atoms with Gasteiger partial charge in [0.05, 0.1) is 6.20 Å². The molecule has 2 heterocycles. The van der Waals surface area contributed by atoms with Crippen molar-refractivity contribution in [3.8, 4) is 5.88 Å². The zero-order valence-corrected chi connectivity index (χ0v) is 8.60. The van der Waals surface area contributed by atoms with Crippen LogP contribution in [0.1, 0.15) is 12.8 Å². The Labute approximate surface area is 89.1 Å². The van der Waals surface area contributed by atoms with Crippen LogP contribution in [0.15, 0.2) is 18.6 Å². The summed E-state index contributed by atoms with van der Waals surface area (Å²) >= 11 is 0. The SMILES string of the molecule is c1cnc(O[C@@H]2[C@@H]3CC[C@H]2CNC3)cn1. The van der Waals surface area contributed by atoms with Crippen LogP contribution in [-0.2, 0) is 0 Å². The van der Waals surface area contributed by atoms with E-state index in [0.717, 1.165) is 13.1 Å². The summed E-state index contributed by atoms with van der Waals surface area (Å²) in [5.41, 5.74) is 0. The summed E-state index contributed by atoms with van der Waals surface area (Å²) in [5, 5.41) is 3.45. The van der Waals surface area contributed by atoms with Crippen molar-refractivity contribution in [3.63, 3.8) is 0 Å². The molecular formula is C11H15N3O. The largest absolute Gasteiger partial charge is 0.473 e. The first-order valence-corrected chi connectivity index (χ1v) is 5.57. The summed E-state index contributed by atoms with van der Waals surface area (Å²) in [4.78, 5) is 8.18. The standard InChI is InChI=1S/C11H15N3O/c1-2-9-6-13-5-8(1)11(9)15-10-7-12-3-4-14-10/h3-4,7-9,11,13H,1-2,5-6H2/t8-,9+,11-. The molecule has 2 bridgehead atoms. The minimum absolute atomic E-state index is 0.350. The molecule has 2 aliphatic rings. The third-order valence-electron chi connectivity index (χ3n) is 3.45. The van der Waals surface area contributed by atoms with Gasteiger partial charge in [-0.3, -0.25) is 4.98 Å². The highest BCUT2D eigenvalue weighted by molar-refractivity contribution is 5.05. The molecule has 1 aliphatic heterocycles. The van der Waals surface area contributed by atoms with E-state index in [4.69, 9.17) is 4.74 Å². The fourth-order valence-electron chi connectivity index (χ4n) is 2.71. The molecule has 1 saturated carbocycles. The molecule has 0 aromatic carbocycles. The van der Waals surface area contributed by atoms with E-state index >= 15 is 0 Å². The molecule has 0 spiro atoms. The van der Waals surface area contributed by atoms with E-state index in [2.05, 4.69) is 15.3 Å². The molecule has 0 unspecified atom stereocenters. The number of nitrogens with zero attached hydrogens (tertiary/aromatic N) is 2. The van der Waals surface area contributed by atoms with Crippen molar-refractivity contribution in [2.75, 3.05) is 13.1 Å². The van der Waals surface area contributed by atoms with Crippen molar-refractivity contribution >= 4 is 0 Å². The van der Waals surface area contributed by atoms with Gasteiger partial charge in [-0.05, 0) is 12.8 Å². The monoisotopic (exact) mass is 205 g/mol. The molecule has 3 rings (SSSR count). The number of nitrogens with one attached hydrogen (secondary N) is 1. The van der Waals surface area contributed by atoms with E-state index in [0.29, 0.717) is 23.8 Å². The molecule has 1 aromatic heterocycles. The van der Waals surface area contributed by atoms with Gasteiger partial charge in [0.2, 0.25) is 5.88 Å². The number of aromatic nitrogens is 2. The van der Waals surface area contributed by atoms with Gasteiger partial charge >= 0.3 is 0 Å². The number of ether oxygens (including phenoxy) is 1. The average molecular weight is 205 g/mol. The topological polar surface area (TPSA) is 47.0 Å². The van der Waals surface area contributed by atoms with Gasteiger partial charge in [-0.2, -0.15) is 0 Å². The zero-order valence-electron chi connectivity index (χ0n) is 8.60. The smallest absolute Gasteiger partial charge is 0.232 e. The molecular weight excluding hydrogens is 190 g/mol. The lowest BCUT2D eigenvalue weighted by Gasteiger charge is -2.30. The Balaban J connectivity index is 1.73. The van der Waals surface area contributed by atoms with Crippen molar-refractivity contribution in [1.82, 2.24) is 15.3 Å². The molecule has 1 aromatic rings. The highest BCUT2D eigenvalue weighted by atomic mass is 16.5. The van der Waals surface area contributed by atoms with Crippen molar-refractivity contribution < 1.29 is 4.74 Å². The van der Waals surface area contributed by atoms with Gasteiger partial charge in [0.15, 0.2) is 0 Å². The third-order valence-corrected chi connectivity index (χ3v) is 3.45. The van der Waals surface area contributed by atoms with E-state index in [1.807, 2.05) is 0 Å². The fraction of sp³-hybridized carbons (Fsp3) is 0.636.